The first kappa shape index (κ1) is 16.9. The molecule has 0 bridgehead atoms. The van der Waals surface area contributed by atoms with Crippen LogP contribution in [0.15, 0.2) is 36.4 Å². The lowest BCUT2D eigenvalue weighted by molar-refractivity contribution is -0.141. The Morgan fingerprint density at radius 1 is 1.23 bits per heavy atom. The fourth-order valence-corrected chi connectivity index (χ4v) is 4.77. The fourth-order valence-electron chi connectivity index (χ4n) is 3.86. The molecule has 0 unspecified atom stereocenters. The van der Waals surface area contributed by atoms with Crippen LogP contribution in [0.25, 0.3) is 10.2 Å². The highest BCUT2D eigenvalue weighted by Gasteiger charge is 2.53. The molecule has 26 heavy (non-hydrogen) atoms. The van der Waals surface area contributed by atoms with Crippen LogP contribution < -0.4 is 5.32 Å². The van der Waals surface area contributed by atoms with Gasteiger partial charge in [-0.15, -0.1) is 11.3 Å². The third-order valence-electron chi connectivity index (χ3n) is 5.25. The van der Waals surface area contributed by atoms with Gasteiger partial charge in [0, 0.05) is 7.05 Å². The Bertz CT molecular complexity index is 902. The number of allylic oxidation sites excluding steroid dienone is 1. The normalized spacial score (nSPS) is 27.8. The second kappa shape index (κ2) is 6.32. The van der Waals surface area contributed by atoms with Crippen molar-refractivity contribution in [3.8, 4) is 0 Å². The van der Waals surface area contributed by atoms with Crippen LogP contribution in [0, 0.1) is 23.7 Å². The molecular formula is C19H19N3O3S. The molecule has 4 atom stereocenters. The number of imide groups is 1. The van der Waals surface area contributed by atoms with Crippen LogP contribution in [0.4, 0.5) is 0 Å². The maximum absolute atomic E-state index is 12.8. The van der Waals surface area contributed by atoms with Gasteiger partial charge in [0.25, 0.3) is 0 Å². The first-order chi connectivity index (χ1) is 12.5. The van der Waals surface area contributed by atoms with Crippen LogP contribution in [0.3, 0.4) is 0 Å². The molecule has 2 aliphatic rings. The lowest BCUT2D eigenvalue weighted by Gasteiger charge is -2.30. The standard InChI is InChI=1S/C19H19N3O3S/c1-10-7-8-11-16(19(25)22(2)18(11)24)15(10)17(23)20-9-14-21-12-5-3-4-6-13(12)26-14/h3-8,10-11,15-16H,9H2,1-2H3,(H,20,23)/t10-,11+,15+,16-/m1/s1. The number of rotatable bonds is 3. The van der Waals surface area contributed by atoms with E-state index >= 15 is 0 Å². The van der Waals surface area contributed by atoms with Gasteiger partial charge in [-0.25, -0.2) is 4.98 Å². The number of nitrogens with one attached hydrogen (secondary N) is 1. The van der Waals surface area contributed by atoms with Gasteiger partial charge in [0.1, 0.15) is 5.01 Å². The number of carbonyl (C=O) groups is 3. The monoisotopic (exact) mass is 369 g/mol. The van der Waals surface area contributed by atoms with Gasteiger partial charge in [0.2, 0.25) is 17.7 Å². The van der Waals surface area contributed by atoms with Gasteiger partial charge in [-0.05, 0) is 18.1 Å². The Balaban J connectivity index is 1.52. The van der Waals surface area contributed by atoms with Crippen LogP contribution >= 0.6 is 11.3 Å². The highest BCUT2D eigenvalue weighted by atomic mass is 32.1. The number of hydrogen-bond acceptors (Lipinski definition) is 5. The molecule has 1 aromatic heterocycles. The highest BCUT2D eigenvalue weighted by molar-refractivity contribution is 7.18. The van der Waals surface area contributed by atoms with Crippen molar-refractivity contribution in [3.63, 3.8) is 0 Å². The number of fused-ring (bicyclic) bond motifs is 2. The molecule has 7 heteroatoms. The van der Waals surface area contributed by atoms with E-state index in [9.17, 15) is 14.4 Å². The quantitative estimate of drug-likeness (QED) is 0.663. The molecule has 1 aromatic carbocycles. The molecule has 0 spiro atoms. The van der Waals surface area contributed by atoms with E-state index in [1.54, 1.807) is 6.08 Å². The van der Waals surface area contributed by atoms with Gasteiger partial charge in [-0.3, -0.25) is 19.3 Å². The van der Waals surface area contributed by atoms with Gasteiger partial charge in [-0.1, -0.05) is 31.2 Å². The number of aromatic nitrogens is 1. The summed E-state index contributed by atoms with van der Waals surface area (Å²) in [5.41, 5.74) is 0.911. The Hall–Kier alpha value is -2.54. The molecule has 1 aliphatic heterocycles. The summed E-state index contributed by atoms with van der Waals surface area (Å²) in [7, 11) is 1.48. The van der Waals surface area contributed by atoms with Crippen molar-refractivity contribution in [2.45, 2.75) is 13.5 Å². The summed E-state index contributed by atoms with van der Waals surface area (Å²) in [5, 5.41) is 3.74. The topological polar surface area (TPSA) is 79.4 Å². The Labute approximate surface area is 154 Å². The maximum atomic E-state index is 12.8. The predicted molar refractivity (Wildman–Crippen MR) is 98.0 cm³/mol. The molecule has 2 heterocycles. The van der Waals surface area contributed by atoms with E-state index in [-0.39, 0.29) is 23.6 Å². The Morgan fingerprint density at radius 2 is 2.00 bits per heavy atom. The molecule has 1 fully saturated rings. The van der Waals surface area contributed by atoms with Gasteiger partial charge >= 0.3 is 0 Å². The number of nitrogens with zero attached hydrogens (tertiary/aromatic N) is 2. The highest BCUT2D eigenvalue weighted by Crippen LogP contribution is 2.40. The number of benzene rings is 1. The average Bonchev–Trinajstić information content (AvgIpc) is 3.15. The molecule has 1 aliphatic carbocycles. The van der Waals surface area contributed by atoms with Gasteiger partial charge in [-0.2, -0.15) is 0 Å². The van der Waals surface area contributed by atoms with E-state index < -0.39 is 17.8 Å². The summed E-state index contributed by atoms with van der Waals surface area (Å²) in [6.45, 7) is 2.23. The van der Waals surface area contributed by atoms with Crippen LogP contribution in [-0.2, 0) is 20.9 Å². The summed E-state index contributed by atoms with van der Waals surface area (Å²) in [5.74, 6) is -2.48. The Kier molecular flexibility index (Phi) is 4.11. The number of thiazole rings is 1. The molecule has 0 saturated carbocycles. The van der Waals surface area contributed by atoms with E-state index in [0.717, 1.165) is 20.1 Å². The number of para-hydroxylation sites is 1. The molecular weight excluding hydrogens is 350 g/mol. The average molecular weight is 369 g/mol. The summed E-state index contributed by atoms with van der Waals surface area (Å²) in [6.07, 6.45) is 3.64. The molecule has 4 rings (SSSR count). The van der Waals surface area contributed by atoms with Crippen molar-refractivity contribution >= 4 is 39.3 Å². The molecule has 0 radical (unpaired) electrons. The fraction of sp³-hybridized carbons (Fsp3) is 0.368. The third-order valence-corrected chi connectivity index (χ3v) is 6.28. The molecule has 134 valence electrons. The van der Waals surface area contributed by atoms with Gasteiger partial charge in [0.05, 0.1) is 34.5 Å². The zero-order valence-electron chi connectivity index (χ0n) is 14.5. The first-order valence-corrected chi connectivity index (χ1v) is 9.41. The minimum absolute atomic E-state index is 0.102. The van der Waals surface area contributed by atoms with E-state index in [1.807, 2.05) is 37.3 Å². The van der Waals surface area contributed by atoms with Crippen molar-refractivity contribution in [2.24, 2.45) is 23.7 Å². The van der Waals surface area contributed by atoms with Crippen LogP contribution in [0.2, 0.25) is 0 Å². The lowest BCUT2D eigenvalue weighted by atomic mass is 9.71. The second-order valence-corrected chi connectivity index (χ2v) is 7.97. The second-order valence-electron chi connectivity index (χ2n) is 6.85. The minimum atomic E-state index is -0.608. The third kappa shape index (κ3) is 2.63. The van der Waals surface area contributed by atoms with Crippen molar-refractivity contribution in [1.82, 2.24) is 15.2 Å². The summed E-state index contributed by atoms with van der Waals surface area (Å²) >= 11 is 1.54. The van der Waals surface area contributed by atoms with E-state index in [0.29, 0.717) is 6.54 Å². The van der Waals surface area contributed by atoms with Gasteiger partial charge in [0.15, 0.2) is 0 Å². The number of hydrogen-bond donors (Lipinski definition) is 1. The van der Waals surface area contributed by atoms with Gasteiger partial charge < -0.3 is 5.32 Å². The van der Waals surface area contributed by atoms with E-state index in [1.165, 1.54) is 18.4 Å². The smallest absolute Gasteiger partial charge is 0.236 e. The SMILES string of the molecule is C[C@@H]1C=C[C@@H]2C(=O)N(C)C(=O)[C@H]2[C@H]1C(=O)NCc1nc2ccccc2s1. The van der Waals surface area contributed by atoms with E-state index in [2.05, 4.69) is 10.3 Å². The largest absolute Gasteiger partial charge is 0.349 e. The van der Waals surface area contributed by atoms with Crippen LogP contribution in [0.5, 0.6) is 0 Å². The lowest BCUT2D eigenvalue weighted by Crippen LogP contribution is -2.43. The van der Waals surface area contributed by atoms with Crippen LogP contribution in [0.1, 0.15) is 11.9 Å². The summed E-state index contributed by atoms with van der Waals surface area (Å²) in [4.78, 5) is 43.2. The number of carbonyl (C=O) groups excluding carboxylic acids is 3. The number of likely N-dealkylation sites (tertiary alicyclic amines) is 1. The Morgan fingerprint density at radius 3 is 2.77 bits per heavy atom. The maximum Gasteiger partial charge on any atom is 0.236 e. The molecule has 2 aromatic rings. The first-order valence-electron chi connectivity index (χ1n) is 8.59. The van der Waals surface area contributed by atoms with Crippen molar-refractivity contribution in [2.75, 3.05) is 7.05 Å². The zero-order chi connectivity index (χ0) is 18.4. The number of amides is 3. The molecule has 1 saturated heterocycles. The zero-order valence-corrected chi connectivity index (χ0v) is 15.3. The minimum Gasteiger partial charge on any atom is -0.349 e. The van der Waals surface area contributed by atoms with E-state index in [4.69, 9.17) is 0 Å². The predicted octanol–water partition coefficient (Wildman–Crippen LogP) is 1.97. The summed E-state index contributed by atoms with van der Waals surface area (Å²) in [6, 6.07) is 7.82. The van der Waals surface area contributed by atoms with Crippen LogP contribution in [-0.4, -0.2) is 34.7 Å². The molecule has 1 N–H and O–H groups in total. The van der Waals surface area contributed by atoms with Crippen molar-refractivity contribution in [1.29, 1.82) is 0 Å². The molecule has 6 nitrogen and oxygen atoms in total. The summed E-state index contributed by atoms with van der Waals surface area (Å²) < 4.78 is 1.07. The van der Waals surface area contributed by atoms with Crippen molar-refractivity contribution < 1.29 is 14.4 Å². The molecule has 3 amide bonds. The van der Waals surface area contributed by atoms with Crippen molar-refractivity contribution in [3.05, 3.63) is 41.4 Å².